The van der Waals surface area contributed by atoms with Crippen LogP contribution >= 0.6 is 0 Å². The Hall–Kier alpha value is -2.59. The highest BCUT2D eigenvalue weighted by molar-refractivity contribution is 5.60. The van der Waals surface area contributed by atoms with Crippen molar-refractivity contribution >= 4 is 11.4 Å². The molecule has 4 heteroatoms. The predicted molar refractivity (Wildman–Crippen MR) is 105 cm³/mol. The lowest BCUT2D eigenvalue weighted by atomic mass is 10.1. The lowest BCUT2D eigenvalue weighted by Gasteiger charge is -2.29. The second-order valence-corrected chi connectivity index (χ2v) is 6.59. The van der Waals surface area contributed by atoms with E-state index >= 15 is 0 Å². The van der Waals surface area contributed by atoms with Crippen LogP contribution in [0.25, 0.3) is 0 Å². The van der Waals surface area contributed by atoms with Crippen molar-refractivity contribution in [2.45, 2.75) is 38.8 Å². The Bertz CT molecular complexity index is 731. The molecule has 0 radical (unpaired) electrons. The van der Waals surface area contributed by atoms with E-state index in [1.807, 2.05) is 48.5 Å². The molecule has 0 aliphatic carbocycles. The van der Waals surface area contributed by atoms with Crippen LogP contribution in [0.2, 0.25) is 0 Å². The average molecular weight is 350 g/mol. The van der Waals surface area contributed by atoms with Gasteiger partial charge in [-0.15, -0.1) is 0 Å². The number of anilines is 2. The first-order chi connectivity index (χ1) is 12.8. The van der Waals surface area contributed by atoms with E-state index in [9.17, 15) is 0 Å². The third-order valence-electron chi connectivity index (χ3n) is 4.38. The second kappa shape index (κ2) is 9.20. The SMILES string of the molecule is CCCC(CCn1cc[n+](C)c1)ON(c1ccccc1)c1ccccc1. The summed E-state index contributed by atoms with van der Waals surface area (Å²) >= 11 is 0. The van der Waals surface area contributed by atoms with Crippen molar-refractivity contribution in [3.05, 3.63) is 79.4 Å². The summed E-state index contributed by atoms with van der Waals surface area (Å²) < 4.78 is 4.28. The van der Waals surface area contributed by atoms with Gasteiger partial charge in [-0.2, -0.15) is 0 Å². The molecular weight excluding hydrogens is 322 g/mol. The maximum atomic E-state index is 6.50. The van der Waals surface area contributed by atoms with Crippen molar-refractivity contribution in [3.8, 4) is 0 Å². The first-order valence-corrected chi connectivity index (χ1v) is 9.34. The zero-order valence-corrected chi connectivity index (χ0v) is 15.7. The van der Waals surface area contributed by atoms with Crippen molar-refractivity contribution in [1.82, 2.24) is 4.57 Å². The van der Waals surface area contributed by atoms with Crippen LogP contribution in [0.5, 0.6) is 0 Å². The molecule has 2 aromatic carbocycles. The van der Waals surface area contributed by atoms with Crippen molar-refractivity contribution in [2.24, 2.45) is 7.05 Å². The molecule has 4 nitrogen and oxygen atoms in total. The molecule has 1 aromatic heterocycles. The van der Waals surface area contributed by atoms with E-state index in [0.717, 1.165) is 37.2 Å². The van der Waals surface area contributed by atoms with Gasteiger partial charge in [0, 0.05) is 6.42 Å². The fraction of sp³-hybridized carbons (Fsp3) is 0.318. The number of para-hydroxylation sites is 2. The van der Waals surface area contributed by atoms with E-state index < -0.39 is 0 Å². The fourth-order valence-corrected chi connectivity index (χ4v) is 3.05. The van der Waals surface area contributed by atoms with Gasteiger partial charge in [0.2, 0.25) is 6.33 Å². The third kappa shape index (κ3) is 4.96. The number of hydrogen-bond acceptors (Lipinski definition) is 2. The molecule has 26 heavy (non-hydrogen) atoms. The minimum absolute atomic E-state index is 0.160. The van der Waals surface area contributed by atoms with Gasteiger partial charge in [0.05, 0.1) is 31.1 Å². The molecule has 1 atom stereocenters. The largest absolute Gasteiger partial charge is 0.265 e. The van der Waals surface area contributed by atoms with Crippen LogP contribution in [0.4, 0.5) is 11.4 Å². The average Bonchev–Trinajstić information content (AvgIpc) is 3.10. The molecule has 0 saturated heterocycles. The highest BCUT2D eigenvalue weighted by Crippen LogP contribution is 2.27. The smallest absolute Gasteiger partial charge is 0.243 e. The predicted octanol–water partition coefficient (Wildman–Crippen LogP) is 4.64. The molecule has 136 valence electrons. The Morgan fingerprint density at radius 3 is 2.08 bits per heavy atom. The third-order valence-corrected chi connectivity index (χ3v) is 4.38. The maximum Gasteiger partial charge on any atom is 0.243 e. The van der Waals surface area contributed by atoms with Crippen LogP contribution in [-0.4, -0.2) is 10.7 Å². The Morgan fingerprint density at radius 2 is 1.58 bits per heavy atom. The van der Waals surface area contributed by atoms with E-state index in [1.165, 1.54) is 0 Å². The molecule has 0 aliphatic heterocycles. The summed E-state index contributed by atoms with van der Waals surface area (Å²) in [6, 6.07) is 20.6. The van der Waals surface area contributed by atoms with E-state index in [1.54, 1.807) is 0 Å². The number of benzene rings is 2. The van der Waals surface area contributed by atoms with Crippen LogP contribution in [0.3, 0.4) is 0 Å². The quantitative estimate of drug-likeness (QED) is 0.414. The van der Waals surface area contributed by atoms with E-state index in [-0.39, 0.29) is 6.10 Å². The lowest BCUT2D eigenvalue weighted by Crippen LogP contribution is -2.27. The molecule has 0 bridgehead atoms. The van der Waals surface area contributed by atoms with Crippen LogP contribution in [0.15, 0.2) is 79.4 Å². The minimum atomic E-state index is 0.160. The van der Waals surface area contributed by atoms with Crippen molar-refractivity contribution in [3.63, 3.8) is 0 Å². The van der Waals surface area contributed by atoms with Gasteiger partial charge in [-0.1, -0.05) is 49.7 Å². The highest BCUT2D eigenvalue weighted by Gasteiger charge is 2.18. The first-order valence-electron chi connectivity index (χ1n) is 9.34. The fourth-order valence-electron chi connectivity index (χ4n) is 3.05. The van der Waals surface area contributed by atoms with Gasteiger partial charge in [-0.3, -0.25) is 4.84 Å². The van der Waals surface area contributed by atoms with Gasteiger partial charge < -0.3 is 0 Å². The summed E-state index contributed by atoms with van der Waals surface area (Å²) in [5.41, 5.74) is 2.10. The maximum absolute atomic E-state index is 6.50. The van der Waals surface area contributed by atoms with Crippen LogP contribution in [0.1, 0.15) is 26.2 Å². The zero-order chi connectivity index (χ0) is 18.2. The number of aryl methyl sites for hydroxylation is 2. The Labute approximate surface area is 156 Å². The number of aromatic nitrogens is 2. The molecule has 0 N–H and O–H groups in total. The van der Waals surface area contributed by atoms with Crippen LogP contribution in [-0.2, 0) is 18.4 Å². The summed E-state index contributed by atoms with van der Waals surface area (Å²) in [4.78, 5) is 6.50. The monoisotopic (exact) mass is 350 g/mol. The molecule has 3 aromatic rings. The summed E-state index contributed by atoms with van der Waals surface area (Å²) in [6.07, 6.45) is 9.54. The Morgan fingerprint density at radius 1 is 0.962 bits per heavy atom. The summed E-state index contributed by atoms with van der Waals surface area (Å²) in [5, 5.41) is 1.97. The van der Waals surface area contributed by atoms with Gasteiger partial charge in [0.1, 0.15) is 12.4 Å². The standard InChI is InChI=1S/C22H28N3O/c1-3-10-22(15-16-24-18-17-23(2)19-24)26-25(20-11-6-4-7-12-20)21-13-8-5-9-14-21/h4-9,11-14,17-19,22H,3,10,15-16H2,1-2H3/q+1. The van der Waals surface area contributed by atoms with E-state index in [2.05, 4.69) is 59.0 Å². The van der Waals surface area contributed by atoms with Crippen molar-refractivity contribution in [1.29, 1.82) is 0 Å². The first kappa shape index (κ1) is 18.2. The number of nitrogens with zero attached hydrogens (tertiary/aromatic N) is 3. The van der Waals surface area contributed by atoms with E-state index in [0.29, 0.717) is 0 Å². The molecule has 0 saturated carbocycles. The lowest BCUT2D eigenvalue weighted by molar-refractivity contribution is -0.671. The topological polar surface area (TPSA) is 21.3 Å². The number of hydrogen-bond donors (Lipinski definition) is 0. The Balaban J connectivity index is 1.76. The molecule has 0 spiro atoms. The summed E-state index contributed by atoms with van der Waals surface area (Å²) in [7, 11) is 2.04. The minimum Gasteiger partial charge on any atom is -0.265 e. The number of imidazole rings is 1. The van der Waals surface area contributed by atoms with Crippen molar-refractivity contribution < 1.29 is 9.40 Å². The molecule has 3 rings (SSSR count). The molecule has 0 aliphatic rings. The van der Waals surface area contributed by atoms with Gasteiger partial charge in [-0.25, -0.2) is 14.2 Å². The van der Waals surface area contributed by atoms with Gasteiger partial charge >= 0.3 is 0 Å². The molecule has 1 unspecified atom stereocenters. The molecule has 0 amide bonds. The number of rotatable bonds is 9. The molecule has 1 heterocycles. The summed E-state index contributed by atoms with van der Waals surface area (Å²) in [5.74, 6) is 0. The van der Waals surface area contributed by atoms with Gasteiger partial charge in [0.15, 0.2) is 0 Å². The highest BCUT2D eigenvalue weighted by atomic mass is 16.7. The Kier molecular flexibility index (Phi) is 6.45. The summed E-state index contributed by atoms with van der Waals surface area (Å²) in [6.45, 7) is 3.16. The van der Waals surface area contributed by atoms with E-state index in [4.69, 9.17) is 4.84 Å². The van der Waals surface area contributed by atoms with Crippen LogP contribution in [0, 0.1) is 0 Å². The van der Waals surface area contributed by atoms with Crippen LogP contribution < -0.4 is 9.63 Å². The zero-order valence-electron chi connectivity index (χ0n) is 15.7. The van der Waals surface area contributed by atoms with Gasteiger partial charge in [0.25, 0.3) is 0 Å². The van der Waals surface area contributed by atoms with Crippen molar-refractivity contribution in [2.75, 3.05) is 5.06 Å². The molecular formula is C22H28N3O+. The second-order valence-electron chi connectivity index (χ2n) is 6.59. The normalized spacial score (nSPS) is 12.1. The van der Waals surface area contributed by atoms with Gasteiger partial charge in [-0.05, 0) is 30.7 Å². The molecule has 0 fully saturated rings.